The number of hydroxylamine groups is 2. The lowest BCUT2D eigenvalue weighted by atomic mass is 10.4. The molecule has 0 aromatic heterocycles. The van der Waals surface area contributed by atoms with Crippen molar-refractivity contribution in [2.75, 3.05) is 5.75 Å². The van der Waals surface area contributed by atoms with Crippen molar-refractivity contribution >= 4 is 24.2 Å². The minimum absolute atomic E-state index is 0.326. The molecule has 6 nitrogen and oxygen atoms in total. The van der Waals surface area contributed by atoms with Crippen LogP contribution in [0.2, 0.25) is 0 Å². The molecule has 0 unspecified atom stereocenters. The van der Waals surface area contributed by atoms with E-state index in [-0.39, 0.29) is 6.04 Å². The number of hydrogen-bond donors (Lipinski definition) is 1. The van der Waals surface area contributed by atoms with Crippen LogP contribution in [0, 0.1) is 0 Å². The maximum Gasteiger partial charge on any atom is 0.455 e. The molecule has 14 heavy (non-hydrogen) atoms. The fraction of sp³-hybridized carbons (Fsp3) is 0.714. The molecule has 2 amide bonds. The highest BCUT2D eigenvalue weighted by molar-refractivity contribution is 7.95. The van der Waals surface area contributed by atoms with Crippen LogP contribution < -0.4 is 5.73 Å². The lowest BCUT2D eigenvalue weighted by molar-refractivity contribution is -0.0876. The summed E-state index contributed by atoms with van der Waals surface area (Å²) < 4.78 is 4.69. The second-order valence-electron chi connectivity index (χ2n) is 2.59. The predicted molar refractivity (Wildman–Crippen MR) is 52.3 cm³/mol. The molecule has 0 spiro atoms. The SMILES string of the molecule is CCSOC(=O)N(OC(N)=O)C(C)C. The monoisotopic (exact) mass is 222 g/mol. The molecule has 0 aliphatic rings. The number of amides is 2. The maximum atomic E-state index is 11.2. The number of carbonyl (C=O) groups excluding carboxylic acids is 2. The van der Waals surface area contributed by atoms with Crippen molar-refractivity contribution in [3.63, 3.8) is 0 Å². The first-order valence-corrected chi connectivity index (χ1v) is 5.00. The standard InChI is InChI=1S/C7H14N2O4S/c1-4-14-13-7(11)9(5(2)3)12-6(8)10/h5H,4H2,1-3H3,(H2,8,10). The van der Waals surface area contributed by atoms with Gasteiger partial charge in [0.15, 0.2) is 0 Å². The third-order valence-corrected chi connectivity index (χ3v) is 1.58. The Balaban J connectivity index is 4.19. The topological polar surface area (TPSA) is 81.9 Å². The van der Waals surface area contributed by atoms with Crippen molar-refractivity contribution in [3.8, 4) is 0 Å². The first-order valence-electron chi connectivity index (χ1n) is 4.09. The Labute approximate surface area is 86.9 Å². The van der Waals surface area contributed by atoms with Crippen molar-refractivity contribution in [3.05, 3.63) is 0 Å². The van der Waals surface area contributed by atoms with Crippen LogP contribution in [-0.4, -0.2) is 29.0 Å². The van der Waals surface area contributed by atoms with Crippen LogP contribution in [0.1, 0.15) is 20.8 Å². The van der Waals surface area contributed by atoms with Gasteiger partial charge < -0.3 is 14.8 Å². The van der Waals surface area contributed by atoms with Crippen molar-refractivity contribution in [2.45, 2.75) is 26.8 Å². The van der Waals surface area contributed by atoms with Gasteiger partial charge in [0.05, 0.1) is 18.1 Å². The van der Waals surface area contributed by atoms with Crippen molar-refractivity contribution in [1.82, 2.24) is 5.06 Å². The molecule has 7 heteroatoms. The summed E-state index contributed by atoms with van der Waals surface area (Å²) in [6.07, 6.45) is -1.79. The Morgan fingerprint density at radius 2 is 2.07 bits per heavy atom. The summed E-state index contributed by atoms with van der Waals surface area (Å²) >= 11 is 0.966. The number of carbonyl (C=O) groups is 2. The molecule has 0 aliphatic heterocycles. The zero-order chi connectivity index (χ0) is 11.1. The van der Waals surface area contributed by atoms with Crippen LogP contribution in [0.5, 0.6) is 0 Å². The Kier molecular flexibility index (Phi) is 5.86. The highest BCUT2D eigenvalue weighted by Gasteiger charge is 2.22. The molecule has 0 radical (unpaired) electrons. The average molecular weight is 222 g/mol. The summed E-state index contributed by atoms with van der Waals surface area (Å²) in [5.41, 5.74) is 4.78. The van der Waals surface area contributed by atoms with Gasteiger partial charge >= 0.3 is 12.2 Å². The van der Waals surface area contributed by atoms with Crippen LogP contribution in [0.4, 0.5) is 9.59 Å². The quantitative estimate of drug-likeness (QED) is 0.578. The maximum absolute atomic E-state index is 11.2. The lowest BCUT2D eigenvalue weighted by Gasteiger charge is -2.21. The van der Waals surface area contributed by atoms with E-state index < -0.39 is 12.2 Å². The normalized spacial score (nSPS) is 9.71. The average Bonchev–Trinajstić information content (AvgIpc) is 2.09. The Morgan fingerprint density at radius 1 is 1.50 bits per heavy atom. The first kappa shape index (κ1) is 12.9. The second kappa shape index (κ2) is 6.36. The fourth-order valence-corrected chi connectivity index (χ4v) is 0.889. The van der Waals surface area contributed by atoms with Gasteiger partial charge in [-0.25, -0.2) is 9.59 Å². The van der Waals surface area contributed by atoms with Crippen molar-refractivity contribution in [1.29, 1.82) is 0 Å². The van der Waals surface area contributed by atoms with Gasteiger partial charge in [0.25, 0.3) is 0 Å². The first-order chi connectivity index (χ1) is 6.49. The molecular weight excluding hydrogens is 208 g/mol. The van der Waals surface area contributed by atoms with E-state index in [0.717, 1.165) is 17.1 Å². The molecule has 0 saturated carbocycles. The molecule has 82 valence electrons. The van der Waals surface area contributed by atoms with Crippen molar-refractivity contribution < 1.29 is 18.6 Å². The Hall–Kier alpha value is -1.11. The summed E-state index contributed by atoms with van der Waals surface area (Å²) in [6.45, 7) is 5.16. The number of nitrogens with zero attached hydrogens (tertiary/aromatic N) is 1. The fourth-order valence-electron chi connectivity index (χ4n) is 0.596. The van der Waals surface area contributed by atoms with Crippen molar-refractivity contribution in [2.24, 2.45) is 5.73 Å². The van der Waals surface area contributed by atoms with Gasteiger partial charge in [-0.1, -0.05) is 6.92 Å². The van der Waals surface area contributed by atoms with E-state index in [1.54, 1.807) is 13.8 Å². The predicted octanol–water partition coefficient (Wildman–Crippen LogP) is 1.51. The minimum Gasteiger partial charge on any atom is -0.373 e. The van der Waals surface area contributed by atoms with E-state index in [0.29, 0.717) is 5.75 Å². The summed E-state index contributed by atoms with van der Waals surface area (Å²) in [5.74, 6) is 0.619. The van der Waals surface area contributed by atoms with Gasteiger partial charge in [-0.05, 0) is 13.8 Å². The molecule has 0 heterocycles. The molecule has 2 N–H and O–H groups in total. The zero-order valence-corrected chi connectivity index (χ0v) is 9.17. The van der Waals surface area contributed by atoms with Crippen LogP contribution in [0.25, 0.3) is 0 Å². The molecule has 0 bridgehead atoms. The van der Waals surface area contributed by atoms with Gasteiger partial charge in [0, 0.05) is 5.75 Å². The molecule has 0 aromatic carbocycles. The smallest absolute Gasteiger partial charge is 0.373 e. The molecule has 0 aliphatic carbocycles. The molecule has 0 rings (SSSR count). The molecular formula is C7H14N2O4S. The van der Waals surface area contributed by atoms with Gasteiger partial charge in [-0.2, -0.15) is 0 Å². The highest BCUT2D eigenvalue weighted by atomic mass is 32.2. The molecule has 0 aromatic rings. The largest absolute Gasteiger partial charge is 0.455 e. The van der Waals surface area contributed by atoms with Gasteiger partial charge in [-0.3, -0.25) is 0 Å². The van der Waals surface area contributed by atoms with Crippen LogP contribution in [-0.2, 0) is 9.02 Å². The summed E-state index contributed by atoms with van der Waals surface area (Å²) in [5, 5.41) is 0.783. The molecule has 0 fully saturated rings. The van der Waals surface area contributed by atoms with E-state index in [1.807, 2.05) is 6.92 Å². The number of nitrogens with two attached hydrogens (primary N) is 1. The molecule has 0 atom stereocenters. The summed E-state index contributed by atoms with van der Waals surface area (Å²) in [4.78, 5) is 26.1. The molecule has 0 saturated heterocycles. The van der Waals surface area contributed by atoms with Gasteiger partial charge in [0.2, 0.25) is 0 Å². The number of primary amides is 1. The van der Waals surface area contributed by atoms with E-state index in [9.17, 15) is 9.59 Å². The Bertz CT molecular complexity index is 210. The van der Waals surface area contributed by atoms with Crippen LogP contribution in [0.3, 0.4) is 0 Å². The highest BCUT2D eigenvalue weighted by Crippen LogP contribution is 2.09. The lowest BCUT2D eigenvalue weighted by Crippen LogP contribution is -2.40. The van der Waals surface area contributed by atoms with E-state index in [1.165, 1.54) is 0 Å². The van der Waals surface area contributed by atoms with Crippen LogP contribution >= 0.6 is 12.0 Å². The van der Waals surface area contributed by atoms with Gasteiger partial charge in [-0.15, -0.1) is 5.06 Å². The third kappa shape index (κ3) is 4.80. The van der Waals surface area contributed by atoms with Gasteiger partial charge in [0.1, 0.15) is 0 Å². The Morgan fingerprint density at radius 3 is 2.43 bits per heavy atom. The third-order valence-electron chi connectivity index (χ3n) is 1.09. The van der Waals surface area contributed by atoms with E-state index in [2.05, 4.69) is 9.02 Å². The van der Waals surface area contributed by atoms with E-state index in [4.69, 9.17) is 5.73 Å². The van der Waals surface area contributed by atoms with E-state index >= 15 is 0 Å². The number of rotatable bonds is 3. The number of hydrogen-bond acceptors (Lipinski definition) is 5. The minimum atomic E-state index is -1.04. The zero-order valence-electron chi connectivity index (χ0n) is 8.35. The second-order valence-corrected chi connectivity index (χ2v) is 3.57. The van der Waals surface area contributed by atoms with Crippen LogP contribution in [0.15, 0.2) is 0 Å². The summed E-state index contributed by atoms with van der Waals surface area (Å²) in [7, 11) is 0. The summed E-state index contributed by atoms with van der Waals surface area (Å²) in [6, 6.07) is -0.326.